The van der Waals surface area contributed by atoms with Crippen molar-refractivity contribution in [2.75, 3.05) is 25.5 Å². The van der Waals surface area contributed by atoms with Gasteiger partial charge in [0.15, 0.2) is 0 Å². The Hall–Kier alpha value is -1.76. The van der Waals surface area contributed by atoms with Gasteiger partial charge >= 0.3 is 6.18 Å². The summed E-state index contributed by atoms with van der Waals surface area (Å²) in [7, 11) is 0. The Bertz CT molecular complexity index is 422. The van der Waals surface area contributed by atoms with Crippen molar-refractivity contribution in [1.82, 2.24) is 5.32 Å². The molecule has 0 spiro atoms. The lowest BCUT2D eigenvalue weighted by Gasteiger charge is -2.08. The fraction of sp³-hybridized carbons (Fsp3) is 0.417. The zero-order chi connectivity index (χ0) is 14.3. The van der Waals surface area contributed by atoms with Crippen LogP contribution >= 0.6 is 0 Å². The van der Waals surface area contributed by atoms with Gasteiger partial charge in [0, 0.05) is 12.2 Å². The van der Waals surface area contributed by atoms with Crippen LogP contribution in [-0.4, -0.2) is 31.8 Å². The van der Waals surface area contributed by atoms with E-state index in [1.54, 1.807) is 24.3 Å². The number of amides is 1. The molecule has 0 saturated heterocycles. The van der Waals surface area contributed by atoms with Gasteiger partial charge in [0.1, 0.15) is 6.61 Å². The van der Waals surface area contributed by atoms with Gasteiger partial charge in [-0.3, -0.25) is 4.79 Å². The molecule has 0 aliphatic rings. The molecule has 0 atom stereocenters. The van der Waals surface area contributed by atoms with Gasteiger partial charge in [0.2, 0.25) is 5.91 Å². The van der Waals surface area contributed by atoms with E-state index in [4.69, 9.17) is 5.73 Å². The molecule has 1 aromatic carbocycles. The molecule has 0 unspecified atom stereocenters. The van der Waals surface area contributed by atoms with Crippen molar-refractivity contribution in [2.45, 2.75) is 12.6 Å². The second-order valence-corrected chi connectivity index (χ2v) is 3.94. The van der Waals surface area contributed by atoms with Crippen LogP contribution in [0.15, 0.2) is 24.3 Å². The average molecular weight is 276 g/mol. The maximum absolute atomic E-state index is 11.7. The van der Waals surface area contributed by atoms with Crippen molar-refractivity contribution in [3.05, 3.63) is 29.8 Å². The smallest absolute Gasteiger partial charge is 0.399 e. The van der Waals surface area contributed by atoms with E-state index < -0.39 is 12.8 Å². The van der Waals surface area contributed by atoms with Crippen molar-refractivity contribution in [3.8, 4) is 0 Å². The number of anilines is 1. The van der Waals surface area contributed by atoms with Crippen molar-refractivity contribution in [2.24, 2.45) is 0 Å². The van der Waals surface area contributed by atoms with Crippen LogP contribution in [0.3, 0.4) is 0 Å². The van der Waals surface area contributed by atoms with Crippen LogP contribution in [0, 0.1) is 0 Å². The summed E-state index contributed by atoms with van der Waals surface area (Å²) in [5, 5.41) is 2.46. The number of carbonyl (C=O) groups excluding carboxylic acids is 1. The zero-order valence-corrected chi connectivity index (χ0v) is 10.2. The minimum atomic E-state index is -4.34. The molecule has 4 nitrogen and oxygen atoms in total. The largest absolute Gasteiger partial charge is 0.411 e. The molecule has 19 heavy (non-hydrogen) atoms. The first kappa shape index (κ1) is 15.3. The van der Waals surface area contributed by atoms with E-state index in [0.29, 0.717) is 5.69 Å². The van der Waals surface area contributed by atoms with E-state index in [9.17, 15) is 18.0 Å². The first-order valence-electron chi connectivity index (χ1n) is 5.62. The number of benzene rings is 1. The van der Waals surface area contributed by atoms with E-state index in [2.05, 4.69) is 10.1 Å². The summed E-state index contributed by atoms with van der Waals surface area (Å²) >= 11 is 0. The third-order valence-electron chi connectivity index (χ3n) is 2.15. The van der Waals surface area contributed by atoms with Crippen LogP contribution in [0.4, 0.5) is 18.9 Å². The molecule has 0 aliphatic carbocycles. The monoisotopic (exact) mass is 276 g/mol. The summed E-state index contributed by atoms with van der Waals surface area (Å²) in [5.41, 5.74) is 6.86. The van der Waals surface area contributed by atoms with Crippen LogP contribution in [0.2, 0.25) is 0 Å². The fourth-order valence-electron chi connectivity index (χ4n) is 1.40. The summed E-state index contributed by atoms with van der Waals surface area (Å²) in [4.78, 5) is 11.5. The molecule has 0 aliphatic heterocycles. The van der Waals surface area contributed by atoms with E-state index in [0.717, 1.165) is 5.56 Å². The molecule has 0 heterocycles. The molecule has 0 aromatic heterocycles. The SMILES string of the molecule is Nc1cccc(CC(=O)NCCOCC(F)(F)F)c1. The molecule has 0 bridgehead atoms. The van der Waals surface area contributed by atoms with Crippen LogP contribution < -0.4 is 11.1 Å². The highest BCUT2D eigenvalue weighted by atomic mass is 19.4. The number of rotatable bonds is 6. The zero-order valence-electron chi connectivity index (χ0n) is 10.2. The molecular formula is C12H15F3N2O2. The quantitative estimate of drug-likeness (QED) is 0.611. The van der Waals surface area contributed by atoms with Gasteiger partial charge in [0.25, 0.3) is 0 Å². The first-order chi connectivity index (χ1) is 8.87. The summed E-state index contributed by atoms with van der Waals surface area (Å²) in [6.45, 7) is -1.45. The highest BCUT2D eigenvalue weighted by Gasteiger charge is 2.27. The number of carbonyl (C=O) groups is 1. The Morgan fingerprint density at radius 3 is 2.74 bits per heavy atom. The number of nitrogens with one attached hydrogen (secondary N) is 1. The van der Waals surface area contributed by atoms with Gasteiger partial charge in [-0.05, 0) is 17.7 Å². The summed E-state index contributed by atoms with van der Waals surface area (Å²) in [6.07, 6.45) is -4.21. The Morgan fingerprint density at radius 2 is 2.11 bits per heavy atom. The number of halogens is 3. The van der Waals surface area contributed by atoms with E-state index in [-0.39, 0.29) is 25.5 Å². The highest BCUT2D eigenvalue weighted by molar-refractivity contribution is 5.78. The summed E-state index contributed by atoms with van der Waals surface area (Å²) in [5.74, 6) is -0.291. The van der Waals surface area contributed by atoms with Gasteiger partial charge in [-0.1, -0.05) is 12.1 Å². The fourth-order valence-corrected chi connectivity index (χ4v) is 1.40. The van der Waals surface area contributed by atoms with Crippen LogP contribution in [0.1, 0.15) is 5.56 Å². The van der Waals surface area contributed by atoms with Crippen molar-refractivity contribution >= 4 is 11.6 Å². The lowest BCUT2D eigenvalue weighted by Crippen LogP contribution is -2.30. The van der Waals surface area contributed by atoms with Crippen molar-refractivity contribution in [1.29, 1.82) is 0 Å². The second-order valence-electron chi connectivity index (χ2n) is 3.94. The maximum Gasteiger partial charge on any atom is 0.411 e. The Morgan fingerprint density at radius 1 is 1.37 bits per heavy atom. The van der Waals surface area contributed by atoms with Gasteiger partial charge in [-0.25, -0.2) is 0 Å². The number of nitrogens with two attached hydrogens (primary N) is 1. The van der Waals surface area contributed by atoms with E-state index >= 15 is 0 Å². The third-order valence-corrected chi connectivity index (χ3v) is 2.15. The minimum Gasteiger partial charge on any atom is -0.399 e. The van der Waals surface area contributed by atoms with Gasteiger partial charge in [-0.15, -0.1) is 0 Å². The normalized spacial score (nSPS) is 11.3. The van der Waals surface area contributed by atoms with E-state index in [1.165, 1.54) is 0 Å². The molecule has 0 radical (unpaired) electrons. The molecule has 0 saturated carbocycles. The van der Waals surface area contributed by atoms with Crippen molar-refractivity contribution < 1.29 is 22.7 Å². The average Bonchev–Trinajstić information content (AvgIpc) is 2.26. The lowest BCUT2D eigenvalue weighted by atomic mass is 10.1. The minimum absolute atomic E-state index is 0.0389. The number of alkyl halides is 3. The Balaban J connectivity index is 2.18. The second kappa shape index (κ2) is 6.98. The van der Waals surface area contributed by atoms with Crippen LogP contribution in [0.5, 0.6) is 0 Å². The highest BCUT2D eigenvalue weighted by Crippen LogP contribution is 2.13. The molecule has 3 N–H and O–H groups in total. The first-order valence-corrected chi connectivity index (χ1v) is 5.62. The Kier molecular flexibility index (Phi) is 5.62. The summed E-state index contributed by atoms with van der Waals surface area (Å²) < 4.78 is 39.6. The molecular weight excluding hydrogens is 261 g/mol. The Labute approximate surface area is 108 Å². The molecule has 1 aromatic rings. The van der Waals surface area contributed by atoms with Gasteiger partial charge in [0.05, 0.1) is 13.0 Å². The standard InChI is InChI=1S/C12H15F3N2O2/c13-12(14,15)8-19-5-4-17-11(18)7-9-2-1-3-10(16)6-9/h1-3,6H,4-5,7-8,16H2,(H,17,18). The number of ether oxygens (including phenoxy) is 1. The topological polar surface area (TPSA) is 64.4 Å². The summed E-state index contributed by atoms with van der Waals surface area (Å²) in [6, 6.07) is 6.84. The third kappa shape index (κ3) is 7.30. The molecule has 7 heteroatoms. The predicted octanol–water partition coefficient (Wildman–Crippen LogP) is 1.51. The molecule has 0 fully saturated rings. The predicted molar refractivity (Wildman–Crippen MR) is 64.4 cm³/mol. The van der Waals surface area contributed by atoms with Gasteiger partial charge < -0.3 is 15.8 Å². The van der Waals surface area contributed by atoms with Crippen LogP contribution in [0.25, 0.3) is 0 Å². The number of nitrogen functional groups attached to an aromatic ring is 1. The van der Waals surface area contributed by atoms with Gasteiger partial charge in [-0.2, -0.15) is 13.2 Å². The maximum atomic E-state index is 11.7. The number of hydrogen-bond acceptors (Lipinski definition) is 3. The number of hydrogen-bond donors (Lipinski definition) is 2. The van der Waals surface area contributed by atoms with Crippen molar-refractivity contribution in [3.63, 3.8) is 0 Å². The van der Waals surface area contributed by atoms with Crippen LogP contribution in [-0.2, 0) is 16.0 Å². The molecule has 1 amide bonds. The molecule has 1 rings (SSSR count). The lowest BCUT2D eigenvalue weighted by molar-refractivity contribution is -0.173. The van der Waals surface area contributed by atoms with E-state index in [1.807, 2.05) is 0 Å². The molecule has 106 valence electrons.